The van der Waals surface area contributed by atoms with E-state index in [1.54, 1.807) is 18.6 Å². The first-order valence-electron chi connectivity index (χ1n) is 7.00. The zero-order valence-corrected chi connectivity index (χ0v) is 11.5. The second-order valence-electron chi connectivity index (χ2n) is 5.08. The summed E-state index contributed by atoms with van der Waals surface area (Å²) >= 11 is 0. The van der Waals surface area contributed by atoms with Crippen molar-refractivity contribution in [1.29, 1.82) is 0 Å². The topological polar surface area (TPSA) is 58.1 Å². The molecule has 0 spiro atoms. The number of likely N-dealkylation sites (N-methyl/N-ethyl adjacent to an activating group) is 1. The van der Waals surface area contributed by atoms with Crippen LogP contribution in [0.25, 0.3) is 0 Å². The Bertz CT molecular complexity index is 396. The fraction of sp³-hybridized carbons (Fsp3) is 0.643. The number of hydrogen-bond acceptors (Lipinski definition) is 4. The minimum Gasteiger partial charge on any atom is -0.354 e. The van der Waals surface area contributed by atoms with Gasteiger partial charge in [0.05, 0.1) is 11.7 Å². The van der Waals surface area contributed by atoms with E-state index in [1.807, 2.05) is 7.05 Å². The number of rotatable bonds is 4. The molecular formula is C14H22N4O. The van der Waals surface area contributed by atoms with Gasteiger partial charge in [-0.1, -0.05) is 12.8 Å². The Balaban J connectivity index is 1.77. The SMILES string of the molecule is CN1CCCCC[C@@H]1C(=O)NCCc1cnccn1. The van der Waals surface area contributed by atoms with Gasteiger partial charge in [0.2, 0.25) is 5.91 Å². The number of likely N-dealkylation sites (tertiary alicyclic amines) is 1. The van der Waals surface area contributed by atoms with Crippen molar-refractivity contribution in [3.63, 3.8) is 0 Å². The third-order valence-electron chi connectivity index (χ3n) is 3.62. The second-order valence-corrected chi connectivity index (χ2v) is 5.08. The van der Waals surface area contributed by atoms with Gasteiger partial charge >= 0.3 is 0 Å². The van der Waals surface area contributed by atoms with Crippen LogP contribution < -0.4 is 5.32 Å². The second kappa shape index (κ2) is 7.19. The molecular weight excluding hydrogens is 240 g/mol. The first-order chi connectivity index (χ1) is 9.27. The maximum absolute atomic E-state index is 12.2. The summed E-state index contributed by atoms with van der Waals surface area (Å²) in [5.74, 6) is 0.147. The quantitative estimate of drug-likeness (QED) is 0.880. The van der Waals surface area contributed by atoms with Crippen molar-refractivity contribution in [2.45, 2.75) is 38.1 Å². The molecule has 5 heteroatoms. The molecule has 2 heterocycles. The Kier molecular flexibility index (Phi) is 5.27. The van der Waals surface area contributed by atoms with Gasteiger partial charge in [-0.05, 0) is 26.4 Å². The monoisotopic (exact) mass is 262 g/mol. The van der Waals surface area contributed by atoms with Crippen molar-refractivity contribution < 1.29 is 4.79 Å². The summed E-state index contributed by atoms with van der Waals surface area (Å²) in [6, 6.07) is 0.0318. The molecule has 1 fully saturated rings. The van der Waals surface area contributed by atoms with Crippen LogP contribution in [0, 0.1) is 0 Å². The number of nitrogens with one attached hydrogen (secondary N) is 1. The van der Waals surface area contributed by atoms with E-state index >= 15 is 0 Å². The smallest absolute Gasteiger partial charge is 0.237 e. The molecule has 1 aliphatic heterocycles. The zero-order valence-electron chi connectivity index (χ0n) is 11.5. The van der Waals surface area contributed by atoms with Crippen molar-refractivity contribution in [1.82, 2.24) is 20.2 Å². The summed E-state index contributed by atoms with van der Waals surface area (Å²) in [6.07, 6.45) is 10.3. The minimum absolute atomic E-state index is 0.0318. The molecule has 1 saturated heterocycles. The zero-order chi connectivity index (χ0) is 13.5. The van der Waals surface area contributed by atoms with E-state index in [9.17, 15) is 4.79 Å². The Hall–Kier alpha value is -1.49. The molecule has 1 amide bonds. The summed E-state index contributed by atoms with van der Waals surface area (Å²) < 4.78 is 0. The van der Waals surface area contributed by atoms with Gasteiger partial charge < -0.3 is 5.32 Å². The summed E-state index contributed by atoms with van der Waals surface area (Å²) in [6.45, 7) is 1.64. The molecule has 1 N–H and O–H groups in total. The van der Waals surface area contributed by atoms with Gasteiger partial charge in [-0.25, -0.2) is 0 Å². The average molecular weight is 262 g/mol. The molecule has 0 bridgehead atoms. The molecule has 0 radical (unpaired) electrons. The lowest BCUT2D eigenvalue weighted by molar-refractivity contribution is -0.126. The highest BCUT2D eigenvalue weighted by molar-refractivity contribution is 5.81. The Morgan fingerprint density at radius 2 is 2.32 bits per heavy atom. The normalized spacial score (nSPS) is 20.8. The highest BCUT2D eigenvalue weighted by atomic mass is 16.2. The van der Waals surface area contributed by atoms with E-state index in [1.165, 1.54) is 12.8 Å². The predicted octanol–water partition coefficient (Wildman–Crippen LogP) is 1.01. The predicted molar refractivity (Wildman–Crippen MR) is 73.6 cm³/mol. The number of hydrogen-bond donors (Lipinski definition) is 1. The van der Waals surface area contributed by atoms with Crippen LogP contribution in [-0.2, 0) is 11.2 Å². The maximum Gasteiger partial charge on any atom is 0.237 e. The molecule has 1 atom stereocenters. The number of nitrogens with zero attached hydrogens (tertiary/aromatic N) is 3. The van der Waals surface area contributed by atoms with E-state index in [2.05, 4.69) is 20.2 Å². The molecule has 0 aliphatic carbocycles. The van der Waals surface area contributed by atoms with Gasteiger partial charge in [0.15, 0.2) is 0 Å². The first kappa shape index (κ1) is 13.9. The van der Waals surface area contributed by atoms with E-state index in [-0.39, 0.29) is 11.9 Å². The highest BCUT2D eigenvalue weighted by Gasteiger charge is 2.24. The molecule has 104 valence electrons. The Labute approximate surface area is 114 Å². The summed E-state index contributed by atoms with van der Waals surface area (Å²) in [4.78, 5) is 22.5. The van der Waals surface area contributed by atoms with Crippen molar-refractivity contribution >= 4 is 5.91 Å². The molecule has 0 aromatic carbocycles. The highest BCUT2D eigenvalue weighted by Crippen LogP contribution is 2.15. The van der Waals surface area contributed by atoms with Crippen LogP contribution in [0.5, 0.6) is 0 Å². The fourth-order valence-corrected chi connectivity index (χ4v) is 2.47. The van der Waals surface area contributed by atoms with Crippen LogP contribution in [0.3, 0.4) is 0 Å². The standard InChI is InChI=1S/C14H22N4O/c1-18-10-4-2-3-5-13(18)14(19)17-7-6-12-11-15-8-9-16-12/h8-9,11,13H,2-7,10H2,1H3,(H,17,19)/t13-/m1/s1. The summed E-state index contributed by atoms with van der Waals surface area (Å²) in [7, 11) is 2.04. The van der Waals surface area contributed by atoms with Gasteiger partial charge in [0.1, 0.15) is 0 Å². The molecule has 5 nitrogen and oxygen atoms in total. The molecule has 1 aromatic rings. The van der Waals surface area contributed by atoms with Gasteiger partial charge in [-0.15, -0.1) is 0 Å². The average Bonchev–Trinajstić information content (AvgIpc) is 2.64. The Morgan fingerprint density at radius 3 is 3.11 bits per heavy atom. The minimum atomic E-state index is 0.0318. The number of aromatic nitrogens is 2. The van der Waals surface area contributed by atoms with Crippen LogP contribution in [0.1, 0.15) is 31.4 Å². The number of carbonyl (C=O) groups excluding carboxylic acids is 1. The summed E-state index contributed by atoms with van der Waals surface area (Å²) in [5.41, 5.74) is 0.914. The van der Waals surface area contributed by atoms with E-state index in [0.717, 1.165) is 31.5 Å². The third-order valence-corrected chi connectivity index (χ3v) is 3.62. The molecule has 1 aromatic heterocycles. The number of amides is 1. The lowest BCUT2D eigenvalue weighted by Gasteiger charge is -2.24. The van der Waals surface area contributed by atoms with E-state index in [0.29, 0.717) is 6.54 Å². The van der Waals surface area contributed by atoms with Crippen LogP contribution in [0.2, 0.25) is 0 Å². The van der Waals surface area contributed by atoms with Gasteiger partial charge in [-0.3, -0.25) is 19.7 Å². The number of carbonyl (C=O) groups is 1. The van der Waals surface area contributed by atoms with Gasteiger partial charge in [0, 0.05) is 31.6 Å². The maximum atomic E-state index is 12.2. The summed E-state index contributed by atoms with van der Waals surface area (Å²) in [5, 5.41) is 3.01. The molecule has 0 saturated carbocycles. The van der Waals surface area contributed by atoms with Crippen LogP contribution >= 0.6 is 0 Å². The van der Waals surface area contributed by atoms with Crippen molar-refractivity contribution in [2.75, 3.05) is 20.1 Å². The third kappa shape index (κ3) is 4.28. The van der Waals surface area contributed by atoms with Crippen LogP contribution in [0.15, 0.2) is 18.6 Å². The lowest BCUT2D eigenvalue weighted by atomic mass is 10.1. The van der Waals surface area contributed by atoms with E-state index in [4.69, 9.17) is 0 Å². The van der Waals surface area contributed by atoms with Crippen LogP contribution in [0.4, 0.5) is 0 Å². The molecule has 19 heavy (non-hydrogen) atoms. The fourth-order valence-electron chi connectivity index (χ4n) is 2.47. The van der Waals surface area contributed by atoms with Crippen LogP contribution in [-0.4, -0.2) is 47.0 Å². The Morgan fingerprint density at radius 1 is 1.42 bits per heavy atom. The molecule has 1 aliphatic rings. The van der Waals surface area contributed by atoms with Gasteiger partial charge in [0.25, 0.3) is 0 Å². The first-order valence-corrected chi connectivity index (χ1v) is 7.00. The largest absolute Gasteiger partial charge is 0.354 e. The lowest BCUT2D eigenvalue weighted by Crippen LogP contribution is -2.45. The van der Waals surface area contributed by atoms with Crippen molar-refractivity contribution in [3.8, 4) is 0 Å². The van der Waals surface area contributed by atoms with Gasteiger partial charge in [-0.2, -0.15) is 0 Å². The molecule has 0 unspecified atom stereocenters. The molecule has 2 rings (SSSR count). The van der Waals surface area contributed by atoms with Crippen molar-refractivity contribution in [2.24, 2.45) is 0 Å². The van der Waals surface area contributed by atoms with Crippen molar-refractivity contribution in [3.05, 3.63) is 24.3 Å². The van der Waals surface area contributed by atoms with E-state index < -0.39 is 0 Å².